The van der Waals surface area contributed by atoms with Crippen LogP contribution in [0.4, 0.5) is 0 Å². The Bertz CT molecular complexity index is 326. The SMILES string of the molecule is O=C(O)c1ccc(C2CCCN2)cc1. The standard InChI is InChI=1S/C11H13NO2/c13-11(14)9-5-3-8(4-6-9)10-2-1-7-12-10/h3-6,10,12H,1-2,7H2,(H,13,14). The lowest BCUT2D eigenvalue weighted by atomic mass is 10.0. The van der Waals surface area contributed by atoms with E-state index in [4.69, 9.17) is 5.11 Å². The summed E-state index contributed by atoms with van der Waals surface area (Å²) in [6, 6.07) is 7.53. The van der Waals surface area contributed by atoms with Crippen molar-refractivity contribution in [3.05, 3.63) is 35.4 Å². The Morgan fingerprint density at radius 3 is 2.57 bits per heavy atom. The van der Waals surface area contributed by atoms with Crippen LogP contribution < -0.4 is 5.32 Å². The maximum Gasteiger partial charge on any atom is 0.335 e. The van der Waals surface area contributed by atoms with Gasteiger partial charge in [0.2, 0.25) is 0 Å². The van der Waals surface area contributed by atoms with Crippen LogP contribution in [0.1, 0.15) is 34.8 Å². The van der Waals surface area contributed by atoms with Crippen LogP contribution in [-0.4, -0.2) is 17.6 Å². The molecule has 2 rings (SSSR count). The molecule has 2 N–H and O–H groups in total. The topological polar surface area (TPSA) is 49.3 Å². The molecule has 0 amide bonds. The van der Waals surface area contributed by atoms with Crippen molar-refractivity contribution in [1.29, 1.82) is 0 Å². The van der Waals surface area contributed by atoms with E-state index in [-0.39, 0.29) is 0 Å². The molecule has 0 aromatic heterocycles. The normalized spacial score (nSPS) is 21.0. The van der Waals surface area contributed by atoms with Crippen molar-refractivity contribution < 1.29 is 9.90 Å². The van der Waals surface area contributed by atoms with E-state index in [1.165, 1.54) is 12.0 Å². The zero-order valence-electron chi connectivity index (χ0n) is 7.86. The predicted octanol–water partition coefficient (Wildman–Crippen LogP) is 1.81. The minimum absolute atomic E-state index is 0.353. The zero-order chi connectivity index (χ0) is 9.97. The quantitative estimate of drug-likeness (QED) is 0.749. The van der Waals surface area contributed by atoms with Crippen molar-refractivity contribution in [2.75, 3.05) is 6.54 Å². The Morgan fingerprint density at radius 1 is 1.36 bits per heavy atom. The van der Waals surface area contributed by atoms with Gasteiger partial charge in [0.05, 0.1) is 5.56 Å². The monoisotopic (exact) mass is 191 g/mol. The summed E-state index contributed by atoms with van der Waals surface area (Å²) in [6.45, 7) is 1.06. The molecule has 3 nitrogen and oxygen atoms in total. The van der Waals surface area contributed by atoms with Gasteiger partial charge in [0.1, 0.15) is 0 Å². The molecule has 0 radical (unpaired) electrons. The van der Waals surface area contributed by atoms with Gasteiger partial charge < -0.3 is 10.4 Å². The maximum atomic E-state index is 10.6. The number of hydrogen-bond acceptors (Lipinski definition) is 2. The number of carbonyl (C=O) groups is 1. The third kappa shape index (κ3) is 1.77. The Morgan fingerprint density at radius 2 is 2.07 bits per heavy atom. The van der Waals surface area contributed by atoms with Gasteiger partial charge in [-0.05, 0) is 37.1 Å². The third-order valence-electron chi connectivity index (χ3n) is 2.62. The molecule has 0 bridgehead atoms. The molecule has 1 heterocycles. The van der Waals surface area contributed by atoms with Gasteiger partial charge in [0.25, 0.3) is 0 Å². The lowest BCUT2D eigenvalue weighted by Crippen LogP contribution is -2.12. The zero-order valence-corrected chi connectivity index (χ0v) is 7.86. The minimum Gasteiger partial charge on any atom is -0.478 e. The van der Waals surface area contributed by atoms with Crippen LogP contribution in [0.2, 0.25) is 0 Å². The molecule has 1 unspecified atom stereocenters. The van der Waals surface area contributed by atoms with Crippen LogP contribution in [0.15, 0.2) is 24.3 Å². The summed E-state index contributed by atoms with van der Waals surface area (Å²) in [5, 5.41) is 12.1. The minimum atomic E-state index is -0.865. The van der Waals surface area contributed by atoms with Crippen LogP contribution in [0, 0.1) is 0 Å². The molecule has 1 fully saturated rings. The van der Waals surface area contributed by atoms with E-state index in [2.05, 4.69) is 5.32 Å². The van der Waals surface area contributed by atoms with Gasteiger partial charge in [-0.15, -0.1) is 0 Å². The molecule has 1 aromatic rings. The Labute approximate surface area is 82.8 Å². The summed E-state index contributed by atoms with van der Waals surface area (Å²) in [7, 11) is 0. The number of hydrogen-bond donors (Lipinski definition) is 2. The first-order chi connectivity index (χ1) is 6.77. The molecule has 0 saturated carbocycles. The lowest BCUT2D eigenvalue weighted by Gasteiger charge is -2.10. The molecule has 74 valence electrons. The molecule has 3 heteroatoms. The average molecular weight is 191 g/mol. The van der Waals surface area contributed by atoms with Crippen molar-refractivity contribution in [1.82, 2.24) is 5.32 Å². The second kappa shape index (κ2) is 3.80. The van der Waals surface area contributed by atoms with Gasteiger partial charge in [0, 0.05) is 6.04 Å². The fourth-order valence-corrected chi connectivity index (χ4v) is 1.83. The fraction of sp³-hybridized carbons (Fsp3) is 0.364. The van der Waals surface area contributed by atoms with Crippen molar-refractivity contribution in [2.24, 2.45) is 0 Å². The van der Waals surface area contributed by atoms with Crippen LogP contribution >= 0.6 is 0 Å². The van der Waals surface area contributed by atoms with Crippen LogP contribution in [0.3, 0.4) is 0 Å². The molecule has 0 spiro atoms. The van der Waals surface area contributed by atoms with Crippen LogP contribution in [0.25, 0.3) is 0 Å². The number of benzene rings is 1. The molecule has 1 aliphatic rings. The van der Waals surface area contributed by atoms with Gasteiger partial charge in [0.15, 0.2) is 0 Å². The van der Waals surface area contributed by atoms with E-state index in [1.807, 2.05) is 12.1 Å². The number of nitrogens with one attached hydrogen (secondary N) is 1. The first kappa shape index (κ1) is 9.21. The predicted molar refractivity (Wildman–Crippen MR) is 53.4 cm³/mol. The average Bonchev–Trinajstić information content (AvgIpc) is 2.71. The fourth-order valence-electron chi connectivity index (χ4n) is 1.83. The number of aromatic carboxylic acids is 1. The second-order valence-electron chi connectivity index (χ2n) is 3.58. The van der Waals surface area contributed by atoms with Gasteiger partial charge in [-0.1, -0.05) is 12.1 Å². The largest absolute Gasteiger partial charge is 0.478 e. The van der Waals surface area contributed by atoms with Gasteiger partial charge >= 0.3 is 5.97 Å². The Kier molecular flexibility index (Phi) is 2.50. The van der Waals surface area contributed by atoms with Crippen molar-refractivity contribution in [2.45, 2.75) is 18.9 Å². The van der Waals surface area contributed by atoms with E-state index in [9.17, 15) is 4.79 Å². The van der Waals surface area contributed by atoms with Crippen LogP contribution in [0.5, 0.6) is 0 Å². The van der Waals surface area contributed by atoms with E-state index < -0.39 is 5.97 Å². The second-order valence-corrected chi connectivity index (χ2v) is 3.58. The van der Waals surface area contributed by atoms with E-state index >= 15 is 0 Å². The third-order valence-corrected chi connectivity index (χ3v) is 2.62. The highest BCUT2D eigenvalue weighted by molar-refractivity contribution is 5.87. The number of rotatable bonds is 2. The summed E-state index contributed by atoms with van der Waals surface area (Å²) in [5.74, 6) is -0.865. The number of carboxylic acid groups (broad SMARTS) is 1. The molecule has 1 saturated heterocycles. The summed E-state index contributed by atoms with van der Waals surface area (Å²) in [5.41, 5.74) is 1.54. The maximum absolute atomic E-state index is 10.6. The molecule has 0 aliphatic carbocycles. The van der Waals surface area contributed by atoms with Gasteiger partial charge in [-0.3, -0.25) is 0 Å². The molecule has 1 aromatic carbocycles. The first-order valence-electron chi connectivity index (χ1n) is 4.84. The van der Waals surface area contributed by atoms with Gasteiger partial charge in [-0.25, -0.2) is 4.79 Å². The van der Waals surface area contributed by atoms with Gasteiger partial charge in [-0.2, -0.15) is 0 Å². The van der Waals surface area contributed by atoms with Crippen molar-refractivity contribution in [3.63, 3.8) is 0 Å². The smallest absolute Gasteiger partial charge is 0.335 e. The molecule has 14 heavy (non-hydrogen) atoms. The highest BCUT2D eigenvalue weighted by Gasteiger charge is 2.15. The van der Waals surface area contributed by atoms with E-state index in [1.54, 1.807) is 12.1 Å². The summed E-state index contributed by atoms with van der Waals surface area (Å²) >= 11 is 0. The highest BCUT2D eigenvalue weighted by Crippen LogP contribution is 2.22. The summed E-state index contributed by atoms with van der Waals surface area (Å²) in [4.78, 5) is 10.6. The molecule has 1 atom stereocenters. The lowest BCUT2D eigenvalue weighted by molar-refractivity contribution is 0.0697. The van der Waals surface area contributed by atoms with Crippen LogP contribution in [-0.2, 0) is 0 Å². The van der Waals surface area contributed by atoms with Crippen molar-refractivity contribution in [3.8, 4) is 0 Å². The van der Waals surface area contributed by atoms with E-state index in [0.717, 1.165) is 13.0 Å². The summed E-state index contributed by atoms with van der Waals surface area (Å²) < 4.78 is 0. The number of carboxylic acids is 1. The first-order valence-corrected chi connectivity index (χ1v) is 4.84. The highest BCUT2D eigenvalue weighted by atomic mass is 16.4. The molecule has 1 aliphatic heterocycles. The van der Waals surface area contributed by atoms with Crippen molar-refractivity contribution >= 4 is 5.97 Å². The Hall–Kier alpha value is -1.35. The summed E-state index contributed by atoms with van der Waals surface area (Å²) in [6.07, 6.45) is 2.35. The molecular weight excluding hydrogens is 178 g/mol. The Balaban J connectivity index is 2.16. The van der Waals surface area contributed by atoms with E-state index in [0.29, 0.717) is 11.6 Å². The molecular formula is C11H13NO2.